The minimum Gasteiger partial charge on any atom is -0.326 e. The third-order valence-electron chi connectivity index (χ3n) is 3.97. The summed E-state index contributed by atoms with van der Waals surface area (Å²) in [7, 11) is 0. The monoisotopic (exact) mass is 312 g/mol. The first kappa shape index (κ1) is 15.2. The number of benzene rings is 2. The van der Waals surface area contributed by atoms with Gasteiger partial charge in [-0.2, -0.15) is 0 Å². The van der Waals surface area contributed by atoms with Gasteiger partial charge >= 0.3 is 0 Å². The number of halogens is 1. The van der Waals surface area contributed by atoms with Gasteiger partial charge in [0.05, 0.1) is 0 Å². The molecule has 1 fully saturated rings. The Bertz CT molecular complexity index is 724. The molecular formula is C18H17FN2O2. The van der Waals surface area contributed by atoms with E-state index in [2.05, 4.69) is 10.6 Å². The average Bonchev–Trinajstić information content (AvgIpc) is 2.48. The third kappa shape index (κ3) is 3.74. The van der Waals surface area contributed by atoms with Crippen molar-refractivity contribution in [3.63, 3.8) is 0 Å². The van der Waals surface area contributed by atoms with Crippen LogP contribution in [0.2, 0.25) is 0 Å². The summed E-state index contributed by atoms with van der Waals surface area (Å²) in [5.41, 5.74) is 1.55. The molecule has 5 heteroatoms. The predicted molar refractivity (Wildman–Crippen MR) is 86.8 cm³/mol. The Morgan fingerprint density at radius 1 is 0.957 bits per heavy atom. The Balaban J connectivity index is 1.67. The standard InChI is InChI=1S/C18H17FN2O2/c19-14-7-9-15(10-8-14)20-18(23)13-5-2-6-16(11-13)21-17(22)12-3-1-4-12/h2,5-12H,1,3-4H2,(H,20,23)(H,21,22). The summed E-state index contributed by atoms with van der Waals surface area (Å²) in [5.74, 6) is -0.570. The number of hydrogen-bond acceptors (Lipinski definition) is 2. The fraction of sp³-hybridized carbons (Fsp3) is 0.222. The Hall–Kier alpha value is -2.69. The first-order valence-electron chi connectivity index (χ1n) is 7.60. The van der Waals surface area contributed by atoms with Gasteiger partial charge in [0, 0.05) is 22.9 Å². The van der Waals surface area contributed by atoms with Crippen molar-refractivity contribution in [2.75, 3.05) is 10.6 Å². The second-order valence-electron chi connectivity index (χ2n) is 5.66. The lowest BCUT2D eigenvalue weighted by Gasteiger charge is -2.24. The summed E-state index contributed by atoms with van der Waals surface area (Å²) >= 11 is 0. The highest BCUT2D eigenvalue weighted by Gasteiger charge is 2.25. The van der Waals surface area contributed by atoms with Crippen LogP contribution in [0.4, 0.5) is 15.8 Å². The van der Waals surface area contributed by atoms with Crippen molar-refractivity contribution in [1.29, 1.82) is 0 Å². The lowest BCUT2D eigenvalue weighted by atomic mass is 9.85. The fourth-order valence-electron chi connectivity index (χ4n) is 2.39. The minimum absolute atomic E-state index is 0.00680. The van der Waals surface area contributed by atoms with Gasteiger partial charge in [-0.05, 0) is 55.3 Å². The van der Waals surface area contributed by atoms with E-state index in [1.54, 1.807) is 24.3 Å². The van der Waals surface area contributed by atoms with Gasteiger partial charge < -0.3 is 10.6 Å². The molecule has 4 nitrogen and oxygen atoms in total. The van der Waals surface area contributed by atoms with E-state index < -0.39 is 0 Å². The largest absolute Gasteiger partial charge is 0.326 e. The Labute approximate surface area is 133 Å². The number of carbonyl (C=O) groups excluding carboxylic acids is 2. The molecule has 0 bridgehead atoms. The summed E-state index contributed by atoms with van der Waals surface area (Å²) in [5, 5.41) is 5.53. The van der Waals surface area contributed by atoms with E-state index >= 15 is 0 Å². The Morgan fingerprint density at radius 2 is 1.70 bits per heavy atom. The van der Waals surface area contributed by atoms with Crippen LogP contribution >= 0.6 is 0 Å². The zero-order chi connectivity index (χ0) is 16.2. The minimum atomic E-state index is -0.358. The SMILES string of the molecule is O=C(Nc1ccc(F)cc1)c1cccc(NC(=O)C2CCC2)c1. The molecule has 0 spiro atoms. The topological polar surface area (TPSA) is 58.2 Å². The van der Waals surface area contributed by atoms with E-state index in [0.29, 0.717) is 16.9 Å². The molecule has 23 heavy (non-hydrogen) atoms. The normalized spacial score (nSPS) is 14.0. The van der Waals surface area contributed by atoms with Crippen molar-refractivity contribution in [2.24, 2.45) is 5.92 Å². The molecule has 2 aromatic carbocycles. The molecule has 2 amide bonds. The Kier molecular flexibility index (Phi) is 4.37. The molecule has 1 saturated carbocycles. The smallest absolute Gasteiger partial charge is 0.255 e. The maximum atomic E-state index is 12.9. The van der Waals surface area contributed by atoms with Crippen molar-refractivity contribution in [3.8, 4) is 0 Å². The van der Waals surface area contributed by atoms with Gasteiger partial charge in [-0.1, -0.05) is 12.5 Å². The van der Waals surface area contributed by atoms with Gasteiger partial charge in [-0.3, -0.25) is 9.59 Å². The molecule has 1 aliphatic rings. The number of carbonyl (C=O) groups is 2. The highest BCUT2D eigenvalue weighted by molar-refractivity contribution is 6.05. The first-order valence-corrected chi connectivity index (χ1v) is 7.60. The Morgan fingerprint density at radius 3 is 2.35 bits per heavy atom. The molecule has 0 heterocycles. The molecule has 0 unspecified atom stereocenters. The number of nitrogens with one attached hydrogen (secondary N) is 2. The highest BCUT2D eigenvalue weighted by atomic mass is 19.1. The summed E-state index contributed by atoms with van der Waals surface area (Å²) < 4.78 is 12.9. The maximum absolute atomic E-state index is 12.9. The zero-order valence-corrected chi connectivity index (χ0v) is 12.5. The molecule has 1 aliphatic carbocycles. The molecule has 0 aliphatic heterocycles. The van der Waals surface area contributed by atoms with Crippen LogP contribution in [0.15, 0.2) is 48.5 Å². The van der Waals surface area contributed by atoms with Crippen LogP contribution in [0.3, 0.4) is 0 Å². The van der Waals surface area contributed by atoms with Crippen molar-refractivity contribution in [1.82, 2.24) is 0 Å². The third-order valence-corrected chi connectivity index (χ3v) is 3.97. The van der Waals surface area contributed by atoms with E-state index in [-0.39, 0.29) is 23.5 Å². The molecule has 0 saturated heterocycles. The quantitative estimate of drug-likeness (QED) is 0.901. The van der Waals surface area contributed by atoms with Gasteiger partial charge in [0.2, 0.25) is 5.91 Å². The van der Waals surface area contributed by atoms with E-state index in [1.165, 1.54) is 24.3 Å². The highest BCUT2D eigenvalue weighted by Crippen LogP contribution is 2.27. The van der Waals surface area contributed by atoms with Crippen LogP contribution in [0.1, 0.15) is 29.6 Å². The van der Waals surface area contributed by atoms with Crippen LogP contribution in [0, 0.1) is 11.7 Å². The van der Waals surface area contributed by atoms with E-state index in [1.807, 2.05) is 0 Å². The first-order chi connectivity index (χ1) is 11.1. The number of rotatable bonds is 4. The molecule has 0 atom stereocenters. The van der Waals surface area contributed by atoms with E-state index in [0.717, 1.165) is 19.3 Å². The van der Waals surface area contributed by atoms with Crippen molar-refractivity contribution in [2.45, 2.75) is 19.3 Å². The molecule has 2 N–H and O–H groups in total. The zero-order valence-electron chi connectivity index (χ0n) is 12.5. The van der Waals surface area contributed by atoms with Gasteiger partial charge in [-0.15, -0.1) is 0 Å². The van der Waals surface area contributed by atoms with Crippen LogP contribution in [-0.2, 0) is 4.79 Å². The number of amides is 2. The molecule has 0 aromatic heterocycles. The van der Waals surface area contributed by atoms with E-state index in [9.17, 15) is 14.0 Å². The lowest BCUT2D eigenvalue weighted by Crippen LogP contribution is -2.28. The fourth-order valence-corrected chi connectivity index (χ4v) is 2.39. The summed E-state index contributed by atoms with van der Waals surface area (Å²) in [6.07, 6.45) is 2.95. The number of anilines is 2. The van der Waals surface area contributed by atoms with Crippen molar-refractivity contribution < 1.29 is 14.0 Å². The van der Waals surface area contributed by atoms with Crippen LogP contribution < -0.4 is 10.6 Å². The summed E-state index contributed by atoms with van der Waals surface area (Å²) in [4.78, 5) is 24.2. The molecule has 118 valence electrons. The van der Waals surface area contributed by atoms with E-state index in [4.69, 9.17) is 0 Å². The van der Waals surface area contributed by atoms with Gasteiger partial charge in [0.1, 0.15) is 5.82 Å². The molecular weight excluding hydrogens is 295 g/mol. The van der Waals surface area contributed by atoms with Gasteiger partial charge in [-0.25, -0.2) is 4.39 Å². The van der Waals surface area contributed by atoms with Crippen LogP contribution in [0.25, 0.3) is 0 Å². The van der Waals surface area contributed by atoms with Gasteiger partial charge in [0.15, 0.2) is 0 Å². The lowest BCUT2D eigenvalue weighted by molar-refractivity contribution is -0.122. The average molecular weight is 312 g/mol. The van der Waals surface area contributed by atoms with Crippen molar-refractivity contribution >= 4 is 23.2 Å². The van der Waals surface area contributed by atoms with Crippen molar-refractivity contribution in [3.05, 3.63) is 59.9 Å². The van der Waals surface area contributed by atoms with Crippen LogP contribution in [-0.4, -0.2) is 11.8 Å². The van der Waals surface area contributed by atoms with Crippen LogP contribution in [0.5, 0.6) is 0 Å². The summed E-state index contributed by atoms with van der Waals surface area (Å²) in [6, 6.07) is 12.3. The molecule has 3 rings (SSSR count). The second-order valence-corrected chi connectivity index (χ2v) is 5.66. The maximum Gasteiger partial charge on any atom is 0.255 e. The van der Waals surface area contributed by atoms with Gasteiger partial charge in [0.25, 0.3) is 5.91 Å². The second kappa shape index (κ2) is 6.60. The summed E-state index contributed by atoms with van der Waals surface area (Å²) in [6.45, 7) is 0. The molecule has 2 aromatic rings. The number of hydrogen-bond donors (Lipinski definition) is 2. The predicted octanol–water partition coefficient (Wildman–Crippen LogP) is 3.82. The molecule has 0 radical (unpaired) electrons.